The summed E-state index contributed by atoms with van der Waals surface area (Å²) in [7, 11) is 0. The van der Waals surface area contributed by atoms with Crippen molar-refractivity contribution in [3.05, 3.63) is 29.3 Å². The maximum absolute atomic E-state index is 12.8. The van der Waals surface area contributed by atoms with Crippen LogP contribution in [0.4, 0.5) is 18.9 Å². The molecule has 0 amide bonds. The van der Waals surface area contributed by atoms with Gasteiger partial charge in [0, 0.05) is 11.7 Å². The van der Waals surface area contributed by atoms with E-state index in [1.807, 2.05) is 13.8 Å². The predicted molar refractivity (Wildman–Crippen MR) is 66.4 cm³/mol. The Kier molecular flexibility index (Phi) is 4.80. The van der Waals surface area contributed by atoms with E-state index in [1.54, 1.807) is 0 Å². The first kappa shape index (κ1) is 15.3. The van der Waals surface area contributed by atoms with Gasteiger partial charge in [-0.3, -0.25) is 0 Å². The number of hydrogen-bond donors (Lipinski definition) is 2. The number of benzene rings is 1. The smallest absolute Gasteiger partial charge is 0.417 e. The summed E-state index contributed by atoms with van der Waals surface area (Å²) >= 11 is 0. The predicted octanol–water partition coefficient (Wildman–Crippen LogP) is 4.00. The first-order valence-electron chi connectivity index (χ1n) is 5.96. The van der Waals surface area contributed by atoms with Crippen molar-refractivity contribution in [1.82, 2.24) is 0 Å². The molecule has 0 fully saturated rings. The molecule has 1 aromatic rings. The SMILES string of the molecule is CCCC(C)Nc1ccc(C(=O)O)c(C(F)(F)F)c1. The van der Waals surface area contributed by atoms with Crippen molar-refractivity contribution in [2.24, 2.45) is 0 Å². The van der Waals surface area contributed by atoms with E-state index in [9.17, 15) is 18.0 Å². The van der Waals surface area contributed by atoms with Gasteiger partial charge in [-0.25, -0.2) is 4.79 Å². The topological polar surface area (TPSA) is 49.3 Å². The first-order valence-corrected chi connectivity index (χ1v) is 5.96. The third-order valence-electron chi connectivity index (χ3n) is 2.69. The third kappa shape index (κ3) is 4.15. The zero-order valence-electron chi connectivity index (χ0n) is 10.7. The highest BCUT2D eigenvalue weighted by Gasteiger charge is 2.35. The maximum atomic E-state index is 12.8. The molecule has 0 aliphatic carbocycles. The van der Waals surface area contributed by atoms with Crippen LogP contribution in [0.15, 0.2) is 18.2 Å². The fourth-order valence-corrected chi connectivity index (χ4v) is 1.84. The van der Waals surface area contributed by atoms with E-state index in [0.717, 1.165) is 25.0 Å². The summed E-state index contributed by atoms with van der Waals surface area (Å²) in [5.74, 6) is -1.58. The lowest BCUT2D eigenvalue weighted by molar-refractivity contribution is -0.138. The van der Waals surface area contributed by atoms with Crippen LogP contribution >= 0.6 is 0 Å². The minimum atomic E-state index is -4.68. The summed E-state index contributed by atoms with van der Waals surface area (Å²) in [4.78, 5) is 10.8. The van der Waals surface area contributed by atoms with Crippen LogP contribution in [0, 0.1) is 0 Å². The molecule has 6 heteroatoms. The molecule has 1 aromatic carbocycles. The van der Waals surface area contributed by atoms with E-state index in [2.05, 4.69) is 5.32 Å². The summed E-state index contributed by atoms with van der Waals surface area (Å²) in [5, 5.41) is 11.7. The van der Waals surface area contributed by atoms with Crippen LogP contribution in [0.5, 0.6) is 0 Å². The Morgan fingerprint density at radius 3 is 2.53 bits per heavy atom. The number of carboxylic acid groups (broad SMARTS) is 1. The molecule has 106 valence electrons. The molecule has 3 nitrogen and oxygen atoms in total. The van der Waals surface area contributed by atoms with Crippen molar-refractivity contribution in [3.8, 4) is 0 Å². The second kappa shape index (κ2) is 5.95. The van der Waals surface area contributed by atoms with Gasteiger partial charge in [-0.1, -0.05) is 13.3 Å². The second-order valence-corrected chi connectivity index (χ2v) is 4.40. The van der Waals surface area contributed by atoms with Crippen LogP contribution in [0.25, 0.3) is 0 Å². The Balaban J connectivity index is 3.09. The van der Waals surface area contributed by atoms with Gasteiger partial charge in [0.05, 0.1) is 11.1 Å². The normalized spacial score (nSPS) is 13.1. The van der Waals surface area contributed by atoms with Crippen LogP contribution < -0.4 is 5.32 Å². The van der Waals surface area contributed by atoms with Crippen molar-refractivity contribution in [2.75, 3.05) is 5.32 Å². The van der Waals surface area contributed by atoms with E-state index in [1.165, 1.54) is 6.07 Å². The third-order valence-corrected chi connectivity index (χ3v) is 2.69. The summed E-state index contributed by atoms with van der Waals surface area (Å²) < 4.78 is 38.3. The molecule has 0 aliphatic heterocycles. The van der Waals surface area contributed by atoms with Crippen LogP contribution in [-0.2, 0) is 6.18 Å². The minimum absolute atomic E-state index is 0.0294. The lowest BCUT2D eigenvalue weighted by Gasteiger charge is -2.17. The van der Waals surface area contributed by atoms with Gasteiger partial charge in [0.15, 0.2) is 0 Å². The standard InChI is InChI=1S/C13H16F3NO2/c1-3-4-8(2)17-9-5-6-10(12(18)19)11(7-9)13(14,15)16/h5-8,17H,3-4H2,1-2H3,(H,18,19). The Labute approximate surface area is 109 Å². The van der Waals surface area contributed by atoms with Crippen molar-refractivity contribution in [2.45, 2.75) is 38.9 Å². The van der Waals surface area contributed by atoms with Crippen LogP contribution in [0.3, 0.4) is 0 Å². The van der Waals surface area contributed by atoms with Crippen LogP contribution in [-0.4, -0.2) is 17.1 Å². The van der Waals surface area contributed by atoms with Gasteiger partial charge >= 0.3 is 12.1 Å². The second-order valence-electron chi connectivity index (χ2n) is 4.40. The highest BCUT2D eigenvalue weighted by atomic mass is 19.4. The summed E-state index contributed by atoms with van der Waals surface area (Å²) in [6.45, 7) is 3.84. The number of rotatable bonds is 5. The number of anilines is 1. The summed E-state index contributed by atoms with van der Waals surface area (Å²) in [6.07, 6.45) is -2.95. The van der Waals surface area contributed by atoms with E-state index in [-0.39, 0.29) is 11.7 Å². The van der Waals surface area contributed by atoms with Crippen molar-refractivity contribution in [1.29, 1.82) is 0 Å². The highest BCUT2D eigenvalue weighted by molar-refractivity contribution is 5.90. The monoisotopic (exact) mass is 275 g/mol. The molecular weight excluding hydrogens is 259 g/mol. The molecule has 1 unspecified atom stereocenters. The van der Waals surface area contributed by atoms with Crippen molar-refractivity contribution < 1.29 is 23.1 Å². The molecule has 0 radical (unpaired) electrons. The molecule has 0 bridgehead atoms. The number of aromatic carboxylic acids is 1. The molecule has 19 heavy (non-hydrogen) atoms. The summed E-state index contributed by atoms with van der Waals surface area (Å²) in [6, 6.07) is 3.20. The molecule has 0 aliphatic rings. The number of carbonyl (C=O) groups is 1. The highest BCUT2D eigenvalue weighted by Crippen LogP contribution is 2.34. The summed E-state index contributed by atoms with van der Waals surface area (Å²) in [5.41, 5.74) is -1.59. The molecule has 0 aromatic heterocycles. The molecule has 0 heterocycles. The number of hydrogen-bond acceptors (Lipinski definition) is 2. The van der Waals surface area contributed by atoms with Crippen molar-refractivity contribution >= 4 is 11.7 Å². The van der Waals surface area contributed by atoms with E-state index >= 15 is 0 Å². The lowest BCUT2D eigenvalue weighted by Crippen LogP contribution is -2.17. The van der Waals surface area contributed by atoms with Gasteiger partial charge in [0.25, 0.3) is 0 Å². The zero-order chi connectivity index (χ0) is 14.6. The zero-order valence-corrected chi connectivity index (χ0v) is 10.7. The Morgan fingerprint density at radius 2 is 2.05 bits per heavy atom. The van der Waals surface area contributed by atoms with Crippen LogP contribution in [0.1, 0.15) is 42.6 Å². The molecule has 0 spiro atoms. The van der Waals surface area contributed by atoms with Gasteiger partial charge in [-0.2, -0.15) is 13.2 Å². The van der Waals surface area contributed by atoms with E-state index < -0.39 is 23.3 Å². The molecular formula is C13H16F3NO2. The largest absolute Gasteiger partial charge is 0.478 e. The molecule has 0 saturated heterocycles. The number of alkyl halides is 3. The van der Waals surface area contributed by atoms with Gasteiger partial charge in [-0.15, -0.1) is 0 Å². The molecule has 2 N–H and O–H groups in total. The average molecular weight is 275 g/mol. The van der Waals surface area contributed by atoms with Gasteiger partial charge in [0.1, 0.15) is 0 Å². The van der Waals surface area contributed by atoms with E-state index in [4.69, 9.17) is 5.11 Å². The van der Waals surface area contributed by atoms with Gasteiger partial charge in [0.2, 0.25) is 0 Å². The lowest BCUT2D eigenvalue weighted by atomic mass is 10.1. The quantitative estimate of drug-likeness (QED) is 0.853. The van der Waals surface area contributed by atoms with Gasteiger partial charge in [-0.05, 0) is 31.5 Å². The van der Waals surface area contributed by atoms with Gasteiger partial charge < -0.3 is 10.4 Å². The minimum Gasteiger partial charge on any atom is -0.478 e. The number of nitrogens with one attached hydrogen (secondary N) is 1. The molecule has 0 saturated carbocycles. The number of halogens is 3. The van der Waals surface area contributed by atoms with Crippen molar-refractivity contribution in [3.63, 3.8) is 0 Å². The molecule has 1 rings (SSSR count). The fourth-order valence-electron chi connectivity index (χ4n) is 1.84. The fraction of sp³-hybridized carbons (Fsp3) is 0.462. The Bertz CT molecular complexity index is 458. The van der Waals surface area contributed by atoms with Crippen LogP contribution in [0.2, 0.25) is 0 Å². The maximum Gasteiger partial charge on any atom is 0.417 e. The van der Waals surface area contributed by atoms with E-state index in [0.29, 0.717) is 0 Å². The number of carboxylic acids is 1. The average Bonchev–Trinajstić information content (AvgIpc) is 2.27. The Hall–Kier alpha value is -1.72. The first-order chi connectivity index (χ1) is 8.75. The molecule has 1 atom stereocenters. The Morgan fingerprint density at radius 1 is 1.42 bits per heavy atom.